The van der Waals surface area contributed by atoms with E-state index in [0.717, 1.165) is 12.8 Å². The molecule has 1 aliphatic carbocycles. The SMILES string of the molecule is CC(C)(NC(=O)CC(O)c1ccccc1)C(=O)NCC1CCCCC1. The Morgan fingerprint density at radius 3 is 2.44 bits per heavy atom. The molecule has 1 aliphatic rings. The van der Waals surface area contributed by atoms with Gasteiger partial charge in [-0.05, 0) is 38.2 Å². The van der Waals surface area contributed by atoms with Crippen LogP contribution in [0.15, 0.2) is 30.3 Å². The summed E-state index contributed by atoms with van der Waals surface area (Å²) in [6.45, 7) is 4.05. The Bertz CT molecular complexity index is 566. The van der Waals surface area contributed by atoms with Crippen LogP contribution >= 0.6 is 0 Å². The van der Waals surface area contributed by atoms with Gasteiger partial charge >= 0.3 is 0 Å². The second-order valence-corrected chi connectivity index (χ2v) is 7.52. The van der Waals surface area contributed by atoms with E-state index in [9.17, 15) is 14.7 Å². The van der Waals surface area contributed by atoms with Crippen molar-refractivity contribution in [2.45, 2.75) is 64.0 Å². The lowest BCUT2D eigenvalue weighted by Crippen LogP contribution is -2.55. The topological polar surface area (TPSA) is 78.4 Å². The van der Waals surface area contributed by atoms with Gasteiger partial charge in [-0.15, -0.1) is 0 Å². The van der Waals surface area contributed by atoms with Crippen LogP contribution in [0.25, 0.3) is 0 Å². The molecule has 1 saturated carbocycles. The second-order valence-electron chi connectivity index (χ2n) is 7.52. The standard InChI is InChI=1S/C20H30N2O3/c1-20(2,19(25)21-14-15-9-5-3-6-10-15)22-18(24)13-17(23)16-11-7-4-8-12-16/h4,7-8,11-12,15,17,23H,3,5-6,9-10,13-14H2,1-2H3,(H,21,25)(H,22,24). The van der Waals surface area contributed by atoms with Gasteiger partial charge in [0.25, 0.3) is 0 Å². The smallest absolute Gasteiger partial charge is 0.245 e. The molecule has 2 rings (SSSR count). The van der Waals surface area contributed by atoms with Gasteiger partial charge in [-0.2, -0.15) is 0 Å². The van der Waals surface area contributed by atoms with Crippen LogP contribution in [0.4, 0.5) is 0 Å². The highest BCUT2D eigenvalue weighted by atomic mass is 16.3. The van der Waals surface area contributed by atoms with E-state index >= 15 is 0 Å². The fourth-order valence-corrected chi connectivity index (χ4v) is 3.27. The lowest BCUT2D eigenvalue weighted by Gasteiger charge is -2.28. The Kier molecular flexibility index (Phi) is 7.00. The minimum Gasteiger partial charge on any atom is -0.388 e. The largest absolute Gasteiger partial charge is 0.388 e. The van der Waals surface area contributed by atoms with Crippen molar-refractivity contribution in [1.29, 1.82) is 0 Å². The van der Waals surface area contributed by atoms with Crippen LogP contribution < -0.4 is 10.6 Å². The number of nitrogens with one attached hydrogen (secondary N) is 2. The highest BCUT2D eigenvalue weighted by Crippen LogP contribution is 2.23. The van der Waals surface area contributed by atoms with Crippen molar-refractivity contribution in [3.63, 3.8) is 0 Å². The van der Waals surface area contributed by atoms with Crippen LogP contribution in [-0.4, -0.2) is 29.0 Å². The molecule has 1 atom stereocenters. The normalized spacial score (nSPS) is 16.9. The summed E-state index contributed by atoms with van der Waals surface area (Å²) in [7, 11) is 0. The molecule has 0 aliphatic heterocycles. The zero-order chi connectivity index (χ0) is 18.3. The molecule has 5 heteroatoms. The van der Waals surface area contributed by atoms with Gasteiger partial charge in [-0.1, -0.05) is 49.6 Å². The van der Waals surface area contributed by atoms with E-state index in [1.807, 2.05) is 18.2 Å². The predicted octanol–water partition coefficient (Wildman–Crippen LogP) is 2.70. The van der Waals surface area contributed by atoms with Crippen molar-refractivity contribution in [3.05, 3.63) is 35.9 Å². The van der Waals surface area contributed by atoms with Gasteiger partial charge in [0.05, 0.1) is 12.5 Å². The number of amides is 2. The average Bonchev–Trinajstić information content (AvgIpc) is 2.60. The highest BCUT2D eigenvalue weighted by molar-refractivity contribution is 5.90. The fourth-order valence-electron chi connectivity index (χ4n) is 3.27. The Balaban J connectivity index is 1.79. The van der Waals surface area contributed by atoms with E-state index in [4.69, 9.17) is 0 Å². The Labute approximate surface area is 150 Å². The third-order valence-corrected chi connectivity index (χ3v) is 4.86. The quantitative estimate of drug-likeness (QED) is 0.710. The number of aliphatic hydroxyl groups is 1. The summed E-state index contributed by atoms with van der Waals surface area (Å²) in [5.41, 5.74) is -0.306. The monoisotopic (exact) mass is 346 g/mol. The first-order valence-corrected chi connectivity index (χ1v) is 9.21. The first-order valence-electron chi connectivity index (χ1n) is 9.21. The number of hydrogen-bond acceptors (Lipinski definition) is 3. The van der Waals surface area contributed by atoms with Crippen molar-refractivity contribution in [3.8, 4) is 0 Å². The van der Waals surface area contributed by atoms with Crippen LogP contribution in [0.5, 0.6) is 0 Å². The van der Waals surface area contributed by atoms with E-state index in [1.165, 1.54) is 19.3 Å². The molecular weight excluding hydrogens is 316 g/mol. The molecule has 0 heterocycles. The van der Waals surface area contributed by atoms with Gasteiger partial charge in [-0.3, -0.25) is 9.59 Å². The summed E-state index contributed by atoms with van der Waals surface area (Å²) >= 11 is 0. The molecule has 1 aromatic rings. The first kappa shape index (κ1) is 19.4. The van der Waals surface area contributed by atoms with Crippen LogP contribution in [0, 0.1) is 5.92 Å². The molecule has 1 fully saturated rings. The van der Waals surface area contributed by atoms with Gasteiger partial charge < -0.3 is 15.7 Å². The number of benzene rings is 1. The van der Waals surface area contributed by atoms with Crippen molar-refractivity contribution in [1.82, 2.24) is 10.6 Å². The fraction of sp³-hybridized carbons (Fsp3) is 0.600. The number of hydrogen-bond donors (Lipinski definition) is 3. The summed E-state index contributed by atoms with van der Waals surface area (Å²) in [4.78, 5) is 24.6. The number of rotatable bonds is 7. The molecule has 0 aromatic heterocycles. The van der Waals surface area contributed by atoms with E-state index < -0.39 is 11.6 Å². The van der Waals surface area contributed by atoms with E-state index in [0.29, 0.717) is 18.0 Å². The van der Waals surface area contributed by atoms with Crippen molar-refractivity contribution < 1.29 is 14.7 Å². The summed E-state index contributed by atoms with van der Waals surface area (Å²) in [5.74, 6) is 0.0268. The van der Waals surface area contributed by atoms with Crippen LogP contribution in [0.1, 0.15) is 64.0 Å². The summed E-state index contributed by atoms with van der Waals surface area (Å²) in [6, 6.07) is 9.05. The maximum Gasteiger partial charge on any atom is 0.245 e. The molecule has 1 unspecified atom stereocenters. The molecule has 2 amide bonds. The van der Waals surface area contributed by atoms with Gasteiger partial charge in [0, 0.05) is 6.54 Å². The van der Waals surface area contributed by atoms with E-state index in [2.05, 4.69) is 10.6 Å². The second kappa shape index (κ2) is 8.99. The number of carbonyl (C=O) groups excluding carboxylic acids is 2. The molecule has 25 heavy (non-hydrogen) atoms. The molecule has 138 valence electrons. The Morgan fingerprint density at radius 1 is 1.16 bits per heavy atom. The lowest BCUT2D eigenvalue weighted by atomic mass is 9.89. The zero-order valence-electron chi connectivity index (χ0n) is 15.3. The zero-order valence-corrected chi connectivity index (χ0v) is 15.3. The Hall–Kier alpha value is -1.88. The van der Waals surface area contributed by atoms with Crippen LogP contribution in [0.2, 0.25) is 0 Å². The molecule has 1 aromatic carbocycles. The highest BCUT2D eigenvalue weighted by Gasteiger charge is 2.30. The maximum absolute atomic E-state index is 12.4. The Morgan fingerprint density at radius 2 is 1.80 bits per heavy atom. The van der Waals surface area contributed by atoms with Gasteiger partial charge in [0.1, 0.15) is 5.54 Å². The molecular formula is C20H30N2O3. The maximum atomic E-state index is 12.4. The van der Waals surface area contributed by atoms with Gasteiger partial charge in [0.15, 0.2) is 0 Å². The van der Waals surface area contributed by atoms with E-state index in [1.54, 1.807) is 26.0 Å². The van der Waals surface area contributed by atoms with E-state index in [-0.39, 0.29) is 18.2 Å². The van der Waals surface area contributed by atoms with Crippen molar-refractivity contribution in [2.24, 2.45) is 5.92 Å². The molecule has 0 radical (unpaired) electrons. The minimum atomic E-state index is -0.998. The first-order chi connectivity index (χ1) is 11.9. The van der Waals surface area contributed by atoms with Crippen molar-refractivity contribution >= 4 is 11.8 Å². The minimum absolute atomic E-state index is 0.0661. The number of aliphatic hydroxyl groups excluding tert-OH is 1. The van der Waals surface area contributed by atoms with Gasteiger partial charge in [0.2, 0.25) is 11.8 Å². The molecule has 5 nitrogen and oxygen atoms in total. The summed E-state index contributed by atoms with van der Waals surface area (Å²) in [6.07, 6.45) is 5.14. The molecule has 0 spiro atoms. The van der Waals surface area contributed by atoms with Crippen LogP contribution in [0.3, 0.4) is 0 Å². The summed E-state index contributed by atoms with van der Waals surface area (Å²) < 4.78 is 0. The van der Waals surface area contributed by atoms with Gasteiger partial charge in [-0.25, -0.2) is 0 Å². The number of carbonyl (C=O) groups is 2. The van der Waals surface area contributed by atoms with Crippen LogP contribution in [-0.2, 0) is 9.59 Å². The molecule has 0 saturated heterocycles. The lowest BCUT2D eigenvalue weighted by molar-refractivity contribution is -0.133. The van der Waals surface area contributed by atoms with Crippen molar-refractivity contribution in [2.75, 3.05) is 6.54 Å². The molecule has 0 bridgehead atoms. The average molecular weight is 346 g/mol. The molecule has 3 N–H and O–H groups in total. The third kappa shape index (κ3) is 6.16. The third-order valence-electron chi connectivity index (χ3n) is 4.86. The predicted molar refractivity (Wildman–Crippen MR) is 97.8 cm³/mol. The summed E-state index contributed by atoms with van der Waals surface area (Å²) in [5, 5.41) is 15.8.